The average Bonchev–Trinajstić information content (AvgIpc) is 3.24. The lowest BCUT2D eigenvalue weighted by Gasteiger charge is -2.10. The number of fused-ring (bicyclic) bond motifs is 3. The first-order valence-corrected chi connectivity index (χ1v) is 9.13. The Bertz CT molecular complexity index is 974. The number of aromatic nitrogens is 3. The van der Waals surface area contributed by atoms with E-state index in [0.29, 0.717) is 5.56 Å². The molecule has 1 aliphatic carbocycles. The Morgan fingerprint density at radius 1 is 1.16 bits per heavy atom. The van der Waals surface area contributed by atoms with Crippen molar-refractivity contribution < 1.29 is 0 Å². The Morgan fingerprint density at radius 2 is 1.92 bits per heavy atom. The molecule has 126 valence electrons. The summed E-state index contributed by atoms with van der Waals surface area (Å²) in [7, 11) is 0. The lowest BCUT2D eigenvalue weighted by molar-refractivity contribution is 0.765. The average molecular weight is 330 g/mol. The molecular formula is C21H22N4. The molecule has 0 radical (unpaired) electrons. The largest absolute Gasteiger partial charge is 0.233 e. The Labute approximate surface area is 148 Å². The molecule has 0 bridgehead atoms. The minimum atomic E-state index is 0.661. The van der Waals surface area contributed by atoms with Gasteiger partial charge in [-0.3, -0.25) is 0 Å². The fourth-order valence-corrected chi connectivity index (χ4v) is 3.91. The number of hydrogen-bond acceptors (Lipinski definition) is 3. The van der Waals surface area contributed by atoms with Gasteiger partial charge in [-0.25, -0.2) is 9.67 Å². The van der Waals surface area contributed by atoms with Gasteiger partial charge >= 0.3 is 0 Å². The van der Waals surface area contributed by atoms with E-state index < -0.39 is 0 Å². The van der Waals surface area contributed by atoms with Crippen molar-refractivity contribution in [2.24, 2.45) is 0 Å². The molecule has 2 aromatic heterocycles. The molecule has 4 nitrogen and oxygen atoms in total. The molecule has 0 spiro atoms. The van der Waals surface area contributed by atoms with Crippen molar-refractivity contribution in [3.63, 3.8) is 0 Å². The van der Waals surface area contributed by atoms with Crippen LogP contribution >= 0.6 is 0 Å². The molecule has 0 unspecified atom stereocenters. The number of unbranched alkanes of at least 4 members (excludes halogenated alkanes) is 1. The van der Waals surface area contributed by atoms with Crippen LogP contribution in [0.1, 0.15) is 54.3 Å². The molecule has 0 atom stereocenters. The maximum Gasteiger partial charge on any atom is 0.163 e. The fourth-order valence-electron chi connectivity index (χ4n) is 3.91. The van der Waals surface area contributed by atoms with E-state index in [-0.39, 0.29) is 0 Å². The summed E-state index contributed by atoms with van der Waals surface area (Å²) in [6.07, 6.45) is 6.91. The van der Waals surface area contributed by atoms with Crippen molar-refractivity contribution in [2.45, 2.75) is 52.4 Å². The summed E-state index contributed by atoms with van der Waals surface area (Å²) < 4.78 is 1.94. The van der Waals surface area contributed by atoms with Gasteiger partial charge in [-0.1, -0.05) is 13.3 Å². The van der Waals surface area contributed by atoms with Crippen molar-refractivity contribution in [1.29, 1.82) is 5.26 Å². The van der Waals surface area contributed by atoms with Gasteiger partial charge in [-0.05, 0) is 74.4 Å². The first-order valence-electron chi connectivity index (χ1n) is 9.13. The van der Waals surface area contributed by atoms with E-state index in [9.17, 15) is 0 Å². The van der Waals surface area contributed by atoms with E-state index in [4.69, 9.17) is 15.3 Å². The summed E-state index contributed by atoms with van der Waals surface area (Å²) in [6, 6.07) is 9.74. The summed E-state index contributed by atoms with van der Waals surface area (Å²) in [5, 5.41) is 15.0. The van der Waals surface area contributed by atoms with Gasteiger partial charge in [-0.15, -0.1) is 0 Å². The van der Waals surface area contributed by atoms with Gasteiger partial charge in [0.1, 0.15) is 0 Å². The van der Waals surface area contributed by atoms with Crippen LogP contribution in [0.3, 0.4) is 0 Å². The van der Waals surface area contributed by atoms with Crippen LogP contribution in [0.25, 0.3) is 16.7 Å². The van der Waals surface area contributed by atoms with E-state index >= 15 is 0 Å². The smallest absolute Gasteiger partial charge is 0.163 e. The van der Waals surface area contributed by atoms with E-state index in [1.807, 2.05) is 28.9 Å². The molecule has 1 aliphatic rings. The Balaban J connectivity index is 1.92. The summed E-state index contributed by atoms with van der Waals surface area (Å²) in [5.74, 6) is 0. The first kappa shape index (κ1) is 15.8. The lowest BCUT2D eigenvalue weighted by Crippen LogP contribution is -2.03. The third kappa shape index (κ3) is 2.60. The van der Waals surface area contributed by atoms with Gasteiger partial charge in [0.25, 0.3) is 0 Å². The number of benzene rings is 1. The summed E-state index contributed by atoms with van der Waals surface area (Å²) in [5.41, 5.74) is 7.84. The molecule has 25 heavy (non-hydrogen) atoms. The Morgan fingerprint density at radius 3 is 2.64 bits per heavy atom. The van der Waals surface area contributed by atoms with E-state index in [2.05, 4.69) is 19.9 Å². The van der Waals surface area contributed by atoms with Crippen LogP contribution in [-0.2, 0) is 19.3 Å². The van der Waals surface area contributed by atoms with Crippen LogP contribution in [-0.4, -0.2) is 14.8 Å². The van der Waals surface area contributed by atoms with E-state index in [1.165, 1.54) is 41.5 Å². The van der Waals surface area contributed by atoms with Gasteiger partial charge in [0.15, 0.2) is 5.65 Å². The van der Waals surface area contributed by atoms with Crippen LogP contribution in [0, 0.1) is 18.3 Å². The van der Waals surface area contributed by atoms with Gasteiger partial charge < -0.3 is 0 Å². The highest BCUT2D eigenvalue weighted by Crippen LogP contribution is 2.34. The quantitative estimate of drug-likeness (QED) is 0.711. The first-order chi connectivity index (χ1) is 12.2. The molecule has 4 rings (SSSR count). The second-order valence-corrected chi connectivity index (χ2v) is 6.83. The number of pyridine rings is 1. The van der Waals surface area contributed by atoms with Crippen LogP contribution in [0.5, 0.6) is 0 Å². The molecule has 0 saturated carbocycles. The maximum absolute atomic E-state index is 9.01. The SMILES string of the molecule is CCCCc1nc2c(c(C)nn2-c2ccc(C#N)cc2)c2c1CCC2. The Kier molecular flexibility index (Phi) is 4.01. The molecular weight excluding hydrogens is 308 g/mol. The second kappa shape index (κ2) is 6.33. The third-order valence-corrected chi connectivity index (χ3v) is 5.15. The zero-order chi connectivity index (χ0) is 17.4. The van der Waals surface area contributed by atoms with Crippen molar-refractivity contribution in [1.82, 2.24) is 14.8 Å². The number of nitrogens with zero attached hydrogens (tertiary/aromatic N) is 4. The lowest BCUT2D eigenvalue weighted by atomic mass is 10.0. The molecule has 0 aliphatic heterocycles. The standard InChI is InChI=1S/C21H22N4/c1-3-4-8-19-17-6-5-7-18(17)20-14(2)24-25(21(20)23-19)16-11-9-15(13-22)10-12-16/h9-12H,3-8H2,1-2H3. The normalized spacial score (nSPS) is 13.2. The highest BCUT2D eigenvalue weighted by molar-refractivity contribution is 5.85. The zero-order valence-corrected chi connectivity index (χ0v) is 14.8. The van der Waals surface area contributed by atoms with Crippen molar-refractivity contribution in [2.75, 3.05) is 0 Å². The molecule has 0 N–H and O–H groups in total. The molecule has 2 heterocycles. The summed E-state index contributed by atoms with van der Waals surface area (Å²) in [4.78, 5) is 5.06. The van der Waals surface area contributed by atoms with Crippen molar-refractivity contribution >= 4 is 11.0 Å². The topological polar surface area (TPSA) is 54.5 Å². The minimum Gasteiger partial charge on any atom is -0.233 e. The minimum absolute atomic E-state index is 0.661. The predicted octanol–water partition coefficient (Wildman–Crippen LogP) is 4.43. The van der Waals surface area contributed by atoms with Crippen molar-refractivity contribution in [3.8, 4) is 11.8 Å². The van der Waals surface area contributed by atoms with Crippen LogP contribution in [0.4, 0.5) is 0 Å². The molecule has 0 amide bonds. The monoisotopic (exact) mass is 330 g/mol. The predicted molar refractivity (Wildman–Crippen MR) is 99.0 cm³/mol. The molecule has 0 saturated heterocycles. The number of nitriles is 1. The fraction of sp³-hybridized carbons (Fsp3) is 0.381. The number of aryl methyl sites for hydroxylation is 3. The summed E-state index contributed by atoms with van der Waals surface area (Å²) in [6.45, 7) is 4.30. The van der Waals surface area contributed by atoms with E-state index in [1.54, 1.807) is 0 Å². The molecule has 3 aromatic rings. The van der Waals surface area contributed by atoms with Crippen LogP contribution in [0.15, 0.2) is 24.3 Å². The Hall–Kier alpha value is -2.67. The third-order valence-electron chi connectivity index (χ3n) is 5.15. The van der Waals surface area contributed by atoms with Crippen molar-refractivity contribution in [3.05, 3.63) is 52.3 Å². The highest BCUT2D eigenvalue weighted by Gasteiger charge is 2.24. The zero-order valence-electron chi connectivity index (χ0n) is 14.8. The van der Waals surface area contributed by atoms with Crippen LogP contribution < -0.4 is 0 Å². The van der Waals surface area contributed by atoms with Gasteiger partial charge in [0.2, 0.25) is 0 Å². The van der Waals surface area contributed by atoms with Crippen LogP contribution in [0.2, 0.25) is 0 Å². The highest BCUT2D eigenvalue weighted by atomic mass is 15.3. The maximum atomic E-state index is 9.01. The number of hydrogen-bond donors (Lipinski definition) is 0. The molecule has 0 fully saturated rings. The number of rotatable bonds is 4. The van der Waals surface area contributed by atoms with Gasteiger partial charge in [0.05, 0.1) is 23.0 Å². The molecule has 1 aromatic carbocycles. The van der Waals surface area contributed by atoms with Gasteiger partial charge in [0, 0.05) is 11.1 Å². The molecule has 4 heteroatoms. The second-order valence-electron chi connectivity index (χ2n) is 6.83. The van der Waals surface area contributed by atoms with E-state index in [0.717, 1.165) is 36.3 Å². The summed E-state index contributed by atoms with van der Waals surface area (Å²) >= 11 is 0. The van der Waals surface area contributed by atoms with Gasteiger partial charge in [-0.2, -0.15) is 10.4 Å².